The average Bonchev–Trinajstić information content (AvgIpc) is 3.04. The van der Waals surface area contributed by atoms with E-state index >= 15 is 0 Å². The maximum atomic E-state index is 11.5. The van der Waals surface area contributed by atoms with Crippen LogP contribution < -0.4 is 0 Å². The number of alkyl halides is 1. The number of esters is 2. The number of carbonyl (C=O) groups is 4. The van der Waals surface area contributed by atoms with Gasteiger partial charge in [-0.1, -0.05) is 106 Å². The fourth-order valence-electron chi connectivity index (χ4n) is 3.44. The van der Waals surface area contributed by atoms with Crippen LogP contribution in [-0.2, 0) is 47.0 Å². The van der Waals surface area contributed by atoms with Gasteiger partial charge in [-0.05, 0) is 47.9 Å². The summed E-state index contributed by atoms with van der Waals surface area (Å²) in [6.45, 7) is 2.00. The van der Waals surface area contributed by atoms with Crippen molar-refractivity contribution >= 4 is 39.8 Å². The second-order valence-electron chi connectivity index (χ2n) is 8.92. The Morgan fingerprint density at radius 3 is 1.40 bits per heavy atom. The van der Waals surface area contributed by atoms with Gasteiger partial charge in [0.05, 0.1) is 38.2 Å². The predicted molar refractivity (Wildman–Crippen MR) is 165 cm³/mol. The van der Waals surface area contributed by atoms with E-state index in [4.69, 9.17) is 0 Å². The van der Waals surface area contributed by atoms with E-state index in [0.717, 1.165) is 22.0 Å². The van der Waals surface area contributed by atoms with Crippen LogP contribution in [0.4, 0.5) is 0 Å². The lowest BCUT2D eigenvalue weighted by atomic mass is 10.1. The Kier molecular flexibility index (Phi) is 15.5. The van der Waals surface area contributed by atoms with Crippen molar-refractivity contribution in [2.45, 2.75) is 25.1 Å². The first-order valence-corrected chi connectivity index (χ1v) is 14.2. The van der Waals surface area contributed by atoms with Crippen molar-refractivity contribution in [3.63, 3.8) is 0 Å². The molecule has 0 unspecified atom stereocenters. The number of ether oxygens (including phenoxy) is 2. The Morgan fingerprint density at radius 1 is 0.558 bits per heavy atom. The van der Waals surface area contributed by atoms with Crippen molar-refractivity contribution < 1.29 is 38.4 Å². The number of hydrogen-bond donors (Lipinski definition) is 0. The molecular formula is C34H33BrO8. The Hall–Kier alpha value is -4.76. The quantitative estimate of drug-likeness (QED) is 0.0952. The molecule has 0 amide bonds. The van der Waals surface area contributed by atoms with Gasteiger partial charge in [-0.3, -0.25) is 9.59 Å². The lowest BCUT2D eigenvalue weighted by molar-refractivity contribution is -0.187. The molecule has 0 aromatic heterocycles. The van der Waals surface area contributed by atoms with Gasteiger partial charge in [0, 0.05) is 5.33 Å². The van der Waals surface area contributed by atoms with Gasteiger partial charge in [0.25, 0.3) is 0 Å². The summed E-state index contributed by atoms with van der Waals surface area (Å²) in [4.78, 5) is 53.7. The van der Waals surface area contributed by atoms with Gasteiger partial charge in [-0.15, -0.1) is 0 Å². The lowest BCUT2D eigenvalue weighted by Crippen LogP contribution is -2.11. The summed E-state index contributed by atoms with van der Waals surface area (Å²) in [6, 6.07) is 32.3. The monoisotopic (exact) mass is 648 g/mol. The van der Waals surface area contributed by atoms with E-state index in [1.165, 1.54) is 19.8 Å². The smallest absolute Gasteiger partial charge is 0.386 e. The van der Waals surface area contributed by atoms with Gasteiger partial charge >= 0.3 is 23.9 Å². The van der Waals surface area contributed by atoms with Crippen LogP contribution in [0.3, 0.4) is 0 Å². The SMILES string of the molecule is COC(=O)Cc1cccc(C)c1.COC(=O)Cc1cccc(CBr)c1.O=C(OOC(=O)c1ccccc1)c1ccccc1. The third-order valence-electron chi connectivity index (χ3n) is 5.59. The summed E-state index contributed by atoms with van der Waals surface area (Å²) in [5.41, 5.74) is 4.96. The number of benzene rings is 4. The Balaban J connectivity index is 0.000000232. The molecule has 4 rings (SSSR count). The van der Waals surface area contributed by atoms with Gasteiger partial charge in [0.1, 0.15) is 0 Å². The Labute approximate surface area is 259 Å². The van der Waals surface area contributed by atoms with Crippen LogP contribution in [0.25, 0.3) is 0 Å². The first-order chi connectivity index (χ1) is 20.7. The van der Waals surface area contributed by atoms with Crippen molar-refractivity contribution in [1.29, 1.82) is 0 Å². The number of hydrogen-bond acceptors (Lipinski definition) is 8. The normalized spacial score (nSPS) is 9.58. The molecule has 0 heterocycles. The first kappa shape index (κ1) is 34.4. The highest BCUT2D eigenvalue weighted by Gasteiger charge is 2.13. The number of halogens is 1. The standard InChI is InChI=1S/C14H10O4.C10H11BrO2.C10H12O2/c15-13(11-7-3-1-4-8-11)17-18-14(16)12-9-5-2-6-10-12;1-13-10(12)6-8-3-2-4-9(5-8)7-11;1-8-4-3-5-9(6-8)7-10(11)12-2/h1-10H;2-5H,6-7H2,1H3;3-6H,7H2,1-2H3. The summed E-state index contributed by atoms with van der Waals surface area (Å²) in [7, 11) is 2.80. The summed E-state index contributed by atoms with van der Waals surface area (Å²) in [6.07, 6.45) is 0.704. The van der Waals surface area contributed by atoms with E-state index in [1.54, 1.807) is 60.7 Å². The predicted octanol–water partition coefficient (Wildman–Crippen LogP) is 6.62. The summed E-state index contributed by atoms with van der Waals surface area (Å²) in [5, 5.41) is 0.808. The topological polar surface area (TPSA) is 105 Å². The van der Waals surface area contributed by atoms with Crippen LogP contribution in [0, 0.1) is 6.92 Å². The van der Waals surface area contributed by atoms with Crippen LogP contribution in [0.5, 0.6) is 0 Å². The van der Waals surface area contributed by atoms with Gasteiger partial charge in [0.2, 0.25) is 0 Å². The molecule has 43 heavy (non-hydrogen) atoms. The van der Waals surface area contributed by atoms with Crippen LogP contribution in [0.2, 0.25) is 0 Å². The molecule has 4 aromatic rings. The first-order valence-electron chi connectivity index (χ1n) is 13.1. The third-order valence-corrected chi connectivity index (χ3v) is 6.24. The molecule has 0 aliphatic heterocycles. The van der Waals surface area contributed by atoms with Crippen LogP contribution in [-0.4, -0.2) is 38.1 Å². The largest absolute Gasteiger partial charge is 0.469 e. The molecule has 0 saturated carbocycles. The minimum atomic E-state index is -0.708. The summed E-state index contributed by atoms with van der Waals surface area (Å²) >= 11 is 3.36. The molecule has 0 aliphatic carbocycles. The second-order valence-corrected chi connectivity index (χ2v) is 9.48. The highest BCUT2D eigenvalue weighted by atomic mass is 79.9. The lowest BCUT2D eigenvalue weighted by Gasteiger charge is -2.02. The zero-order valence-electron chi connectivity index (χ0n) is 24.2. The van der Waals surface area contributed by atoms with Crippen molar-refractivity contribution in [2.75, 3.05) is 14.2 Å². The molecule has 0 saturated heterocycles. The maximum Gasteiger partial charge on any atom is 0.386 e. The van der Waals surface area contributed by atoms with Crippen molar-refractivity contribution in [3.05, 3.63) is 143 Å². The van der Waals surface area contributed by atoms with Crippen molar-refractivity contribution in [1.82, 2.24) is 0 Å². The highest BCUT2D eigenvalue weighted by molar-refractivity contribution is 9.08. The maximum absolute atomic E-state index is 11.5. The van der Waals surface area contributed by atoms with Gasteiger partial charge in [-0.25, -0.2) is 19.4 Å². The van der Waals surface area contributed by atoms with Crippen molar-refractivity contribution in [3.8, 4) is 0 Å². The molecule has 0 spiro atoms. The van der Waals surface area contributed by atoms with Crippen LogP contribution >= 0.6 is 15.9 Å². The second kappa shape index (κ2) is 19.4. The van der Waals surface area contributed by atoms with Gasteiger partial charge in [0.15, 0.2) is 0 Å². The Bertz CT molecular complexity index is 1400. The average molecular weight is 650 g/mol. The minimum absolute atomic E-state index is 0.194. The number of carbonyl (C=O) groups excluding carboxylic acids is 4. The molecule has 224 valence electrons. The third kappa shape index (κ3) is 13.6. The molecule has 9 heteroatoms. The van der Waals surface area contributed by atoms with E-state index in [2.05, 4.69) is 35.2 Å². The van der Waals surface area contributed by atoms with E-state index in [1.807, 2.05) is 55.5 Å². The molecule has 0 radical (unpaired) electrons. The highest BCUT2D eigenvalue weighted by Crippen LogP contribution is 2.10. The van der Waals surface area contributed by atoms with E-state index in [0.29, 0.717) is 24.0 Å². The Morgan fingerprint density at radius 2 is 0.977 bits per heavy atom. The van der Waals surface area contributed by atoms with Crippen LogP contribution in [0.1, 0.15) is 43.0 Å². The molecule has 0 bridgehead atoms. The number of aryl methyl sites for hydroxylation is 1. The van der Waals surface area contributed by atoms with Gasteiger partial charge < -0.3 is 9.47 Å². The molecular weight excluding hydrogens is 616 g/mol. The zero-order valence-corrected chi connectivity index (χ0v) is 25.7. The van der Waals surface area contributed by atoms with E-state index < -0.39 is 11.9 Å². The fourth-order valence-corrected chi connectivity index (χ4v) is 3.79. The minimum Gasteiger partial charge on any atom is -0.469 e. The molecule has 4 aromatic carbocycles. The fraction of sp³-hybridized carbons (Fsp3) is 0.176. The summed E-state index contributed by atoms with van der Waals surface area (Å²) < 4.78 is 9.13. The molecule has 0 aliphatic rings. The van der Waals surface area contributed by atoms with E-state index in [9.17, 15) is 19.2 Å². The summed E-state index contributed by atoms with van der Waals surface area (Å²) in [5.74, 6) is -1.81. The molecule has 0 N–H and O–H groups in total. The number of rotatable bonds is 7. The number of methoxy groups -OCH3 is 2. The molecule has 0 fully saturated rings. The van der Waals surface area contributed by atoms with E-state index in [-0.39, 0.29) is 11.9 Å². The van der Waals surface area contributed by atoms with Crippen LogP contribution in [0.15, 0.2) is 109 Å². The zero-order chi connectivity index (χ0) is 31.5. The molecule has 8 nitrogen and oxygen atoms in total. The van der Waals surface area contributed by atoms with Gasteiger partial charge in [-0.2, -0.15) is 0 Å². The van der Waals surface area contributed by atoms with Crippen molar-refractivity contribution in [2.24, 2.45) is 0 Å². The molecule has 0 atom stereocenters.